The van der Waals surface area contributed by atoms with E-state index in [4.69, 9.17) is 15.2 Å². The molecule has 0 amide bonds. The molecule has 1 aromatic rings. The monoisotopic (exact) mass is 290 g/mol. The van der Waals surface area contributed by atoms with E-state index in [-0.39, 0.29) is 11.5 Å². The van der Waals surface area contributed by atoms with Crippen molar-refractivity contribution in [1.29, 1.82) is 0 Å². The predicted octanol–water partition coefficient (Wildman–Crippen LogP) is 2.16. The summed E-state index contributed by atoms with van der Waals surface area (Å²) >= 11 is 0. The summed E-state index contributed by atoms with van der Waals surface area (Å²) in [7, 11) is 3.87. The Balaban J connectivity index is 1.87. The zero-order valence-electron chi connectivity index (χ0n) is 13.1. The van der Waals surface area contributed by atoms with Crippen LogP contribution in [-0.2, 0) is 5.41 Å². The molecule has 2 fully saturated rings. The highest BCUT2D eigenvalue weighted by molar-refractivity contribution is 5.51. The first kappa shape index (κ1) is 14.7. The minimum absolute atomic E-state index is 0.0944. The van der Waals surface area contributed by atoms with Crippen molar-refractivity contribution in [2.75, 3.05) is 33.8 Å². The highest BCUT2D eigenvalue weighted by Gasteiger charge is 2.40. The van der Waals surface area contributed by atoms with Crippen LogP contribution in [0.4, 0.5) is 0 Å². The predicted molar refractivity (Wildman–Crippen MR) is 84.1 cm³/mol. The SMILES string of the molecule is COc1c(OC2CCN(C)C2)cccc1C1(CN)CCC1. The maximum absolute atomic E-state index is 6.21. The largest absolute Gasteiger partial charge is 0.493 e. The Kier molecular flexibility index (Phi) is 4.09. The molecule has 1 atom stereocenters. The number of methoxy groups -OCH3 is 1. The molecule has 1 saturated heterocycles. The van der Waals surface area contributed by atoms with E-state index >= 15 is 0 Å². The maximum Gasteiger partial charge on any atom is 0.164 e. The molecular formula is C17H26N2O2. The summed E-state index contributed by atoms with van der Waals surface area (Å²) in [6.45, 7) is 2.76. The Morgan fingerprint density at radius 3 is 2.71 bits per heavy atom. The average Bonchev–Trinajstić information content (AvgIpc) is 2.84. The molecule has 4 heteroatoms. The van der Waals surface area contributed by atoms with Crippen molar-refractivity contribution < 1.29 is 9.47 Å². The number of nitrogens with zero attached hydrogens (tertiary/aromatic N) is 1. The topological polar surface area (TPSA) is 47.7 Å². The normalized spacial score (nSPS) is 24.6. The number of likely N-dealkylation sites (N-methyl/N-ethyl adjacent to an activating group) is 1. The number of rotatable bonds is 5. The molecule has 1 aromatic carbocycles. The molecule has 0 spiro atoms. The van der Waals surface area contributed by atoms with Gasteiger partial charge in [0, 0.05) is 30.6 Å². The lowest BCUT2D eigenvalue weighted by Crippen LogP contribution is -2.41. The second kappa shape index (κ2) is 5.85. The first-order valence-corrected chi connectivity index (χ1v) is 7.91. The van der Waals surface area contributed by atoms with Gasteiger partial charge in [-0.1, -0.05) is 18.6 Å². The molecule has 1 aliphatic heterocycles. The van der Waals surface area contributed by atoms with Crippen molar-refractivity contribution in [1.82, 2.24) is 4.90 Å². The second-order valence-corrected chi connectivity index (χ2v) is 6.47. The fraction of sp³-hybridized carbons (Fsp3) is 0.647. The number of likely N-dealkylation sites (tertiary alicyclic amines) is 1. The highest BCUT2D eigenvalue weighted by Crippen LogP contribution is 2.49. The maximum atomic E-state index is 6.21. The van der Waals surface area contributed by atoms with Crippen LogP contribution in [0, 0.1) is 0 Å². The van der Waals surface area contributed by atoms with Gasteiger partial charge >= 0.3 is 0 Å². The van der Waals surface area contributed by atoms with Gasteiger partial charge in [-0.25, -0.2) is 0 Å². The third-order valence-electron chi connectivity index (χ3n) is 5.10. The zero-order valence-corrected chi connectivity index (χ0v) is 13.1. The summed E-state index contributed by atoms with van der Waals surface area (Å²) in [4.78, 5) is 2.30. The van der Waals surface area contributed by atoms with Crippen LogP contribution in [0.5, 0.6) is 11.5 Å². The molecule has 116 valence electrons. The third-order valence-corrected chi connectivity index (χ3v) is 5.10. The summed E-state index contributed by atoms with van der Waals surface area (Å²) in [5.41, 5.74) is 7.37. The summed E-state index contributed by atoms with van der Waals surface area (Å²) in [5.74, 6) is 1.76. The Morgan fingerprint density at radius 2 is 2.19 bits per heavy atom. The molecular weight excluding hydrogens is 264 g/mol. The van der Waals surface area contributed by atoms with Crippen molar-refractivity contribution in [3.63, 3.8) is 0 Å². The third kappa shape index (κ3) is 2.62. The molecule has 1 aliphatic carbocycles. The van der Waals surface area contributed by atoms with Crippen molar-refractivity contribution in [2.24, 2.45) is 5.73 Å². The number of hydrogen-bond acceptors (Lipinski definition) is 4. The lowest BCUT2D eigenvalue weighted by molar-refractivity contribution is 0.194. The summed E-state index contributed by atoms with van der Waals surface area (Å²) in [6.07, 6.45) is 4.88. The molecule has 3 rings (SSSR count). The minimum Gasteiger partial charge on any atom is -0.493 e. The van der Waals surface area contributed by atoms with Gasteiger partial charge in [0.2, 0.25) is 0 Å². The number of para-hydroxylation sites is 1. The number of benzene rings is 1. The van der Waals surface area contributed by atoms with Crippen LogP contribution in [0.2, 0.25) is 0 Å². The van der Waals surface area contributed by atoms with E-state index in [1.165, 1.54) is 12.0 Å². The van der Waals surface area contributed by atoms with E-state index in [0.29, 0.717) is 6.54 Å². The van der Waals surface area contributed by atoms with Crippen LogP contribution in [0.15, 0.2) is 18.2 Å². The molecule has 2 N–H and O–H groups in total. The first-order chi connectivity index (χ1) is 10.2. The standard InChI is InChI=1S/C17H26N2O2/c1-19-10-7-13(11-19)21-15-6-3-5-14(16(15)20-2)17(12-18)8-4-9-17/h3,5-6,13H,4,7-12,18H2,1-2H3. The molecule has 0 aromatic heterocycles. The fourth-order valence-corrected chi connectivity index (χ4v) is 3.59. The van der Waals surface area contributed by atoms with Gasteiger partial charge in [-0.3, -0.25) is 0 Å². The Hall–Kier alpha value is -1.26. The van der Waals surface area contributed by atoms with Gasteiger partial charge in [0.05, 0.1) is 7.11 Å². The average molecular weight is 290 g/mol. The lowest BCUT2D eigenvalue weighted by Gasteiger charge is -2.42. The van der Waals surface area contributed by atoms with Crippen LogP contribution in [0.25, 0.3) is 0 Å². The van der Waals surface area contributed by atoms with Crippen LogP contribution in [0.3, 0.4) is 0 Å². The van der Waals surface area contributed by atoms with E-state index in [9.17, 15) is 0 Å². The van der Waals surface area contributed by atoms with E-state index in [1.54, 1.807) is 7.11 Å². The second-order valence-electron chi connectivity index (χ2n) is 6.47. The molecule has 0 radical (unpaired) electrons. The van der Waals surface area contributed by atoms with Gasteiger partial charge in [-0.15, -0.1) is 0 Å². The van der Waals surface area contributed by atoms with Gasteiger partial charge in [0.1, 0.15) is 6.10 Å². The summed E-state index contributed by atoms with van der Waals surface area (Å²) < 4.78 is 11.9. The molecule has 1 saturated carbocycles. The fourth-order valence-electron chi connectivity index (χ4n) is 3.59. The van der Waals surface area contributed by atoms with Gasteiger partial charge in [-0.2, -0.15) is 0 Å². The minimum atomic E-state index is 0.0944. The van der Waals surface area contributed by atoms with Gasteiger partial charge < -0.3 is 20.1 Å². The first-order valence-electron chi connectivity index (χ1n) is 7.91. The van der Waals surface area contributed by atoms with Crippen molar-refractivity contribution in [3.8, 4) is 11.5 Å². The van der Waals surface area contributed by atoms with Crippen LogP contribution in [-0.4, -0.2) is 44.8 Å². The highest BCUT2D eigenvalue weighted by atomic mass is 16.5. The molecule has 4 nitrogen and oxygen atoms in total. The number of nitrogens with two attached hydrogens (primary N) is 1. The smallest absolute Gasteiger partial charge is 0.164 e. The number of ether oxygens (including phenoxy) is 2. The van der Waals surface area contributed by atoms with Crippen LogP contribution >= 0.6 is 0 Å². The Labute approximate surface area is 127 Å². The van der Waals surface area contributed by atoms with Gasteiger partial charge in [0.15, 0.2) is 11.5 Å². The Morgan fingerprint density at radius 1 is 1.38 bits per heavy atom. The molecule has 1 heterocycles. The molecule has 1 unspecified atom stereocenters. The van der Waals surface area contributed by atoms with E-state index in [0.717, 1.165) is 43.9 Å². The molecule has 2 aliphatic rings. The van der Waals surface area contributed by atoms with Crippen LogP contribution < -0.4 is 15.2 Å². The molecule has 0 bridgehead atoms. The van der Waals surface area contributed by atoms with Gasteiger partial charge in [0.25, 0.3) is 0 Å². The van der Waals surface area contributed by atoms with E-state index < -0.39 is 0 Å². The zero-order chi connectivity index (χ0) is 14.9. The molecule has 21 heavy (non-hydrogen) atoms. The quantitative estimate of drug-likeness (QED) is 0.903. The van der Waals surface area contributed by atoms with Gasteiger partial charge in [-0.05, 0) is 32.4 Å². The van der Waals surface area contributed by atoms with E-state index in [2.05, 4.69) is 24.1 Å². The van der Waals surface area contributed by atoms with Crippen LogP contribution in [0.1, 0.15) is 31.2 Å². The summed E-state index contributed by atoms with van der Waals surface area (Å²) in [6, 6.07) is 6.24. The van der Waals surface area contributed by atoms with Crippen molar-refractivity contribution >= 4 is 0 Å². The van der Waals surface area contributed by atoms with E-state index in [1.807, 2.05) is 6.07 Å². The lowest BCUT2D eigenvalue weighted by atomic mass is 9.64. The Bertz CT molecular complexity index is 494. The van der Waals surface area contributed by atoms with Crippen molar-refractivity contribution in [2.45, 2.75) is 37.2 Å². The summed E-state index contributed by atoms with van der Waals surface area (Å²) in [5, 5.41) is 0. The van der Waals surface area contributed by atoms with Crippen molar-refractivity contribution in [3.05, 3.63) is 23.8 Å². The number of hydrogen-bond donors (Lipinski definition) is 1.